The van der Waals surface area contributed by atoms with E-state index in [-0.39, 0.29) is 12.0 Å². The van der Waals surface area contributed by atoms with Crippen molar-refractivity contribution in [1.29, 1.82) is 0 Å². The molecule has 2 saturated heterocycles. The van der Waals surface area contributed by atoms with Crippen molar-refractivity contribution in [2.24, 2.45) is 4.99 Å². The van der Waals surface area contributed by atoms with E-state index >= 15 is 0 Å². The number of guanidine groups is 1. The highest BCUT2D eigenvalue weighted by atomic mass is 16.5. The minimum atomic E-state index is -0.218. The maximum atomic E-state index is 12.5. The van der Waals surface area contributed by atoms with E-state index in [2.05, 4.69) is 48.3 Å². The van der Waals surface area contributed by atoms with Gasteiger partial charge in [-0.2, -0.15) is 0 Å². The van der Waals surface area contributed by atoms with Crippen molar-refractivity contribution in [3.05, 3.63) is 35.4 Å². The van der Waals surface area contributed by atoms with Crippen LogP contribution in [0.1, 0.15) is 30.9 Å². The van der Waals surface area contributed by atoms with Gasteiger partial charge in [-0.3, -0.25) is 4.79 Å². The molecule has 0 spiro atoms. The van der Waals surface area contributed by atoms with Gasteiger partial charge in [-0.05, 0) is 32.3 Å². The van der Waals surface area contributed by atoms with Crippen molar-refractivity contribution < 1.29 is 9.53 Å². The number of hydrogen-bond acceptors (Lipinski definition) is 3. The molecule has 3 rings (SSSR count). The standard InChI is InChI=1S/C20H30N4O2/c1-3-21-20(22-15-17-8-6-16(2)7-9-17)24-12-10-23(11-13-24)19(25)18-5-4-14-26-18/h6-9,18H,3-5,10-15H2,1-2H3,(H,21,22). The Morgan fingerprint density at radius 2 is 1.88 bits per heavy atom. The number of carbonyl (C=O) groups is 1. The summed E-state index contributed by atoms with van der Waals surface area (Å²) in [6.07, 6.45) is 1.64. The van der Waals surface area contributed by atoms with Crippen LogP contribution < -0.4 is 5.32 Å². The monoisotopic (exact) mass is 358 g/mol. The summed E-state index contributed by atoms with van der Waals surface area (Å²) in [5.41, 5.74) is 2.47. The highest BCUT2D eigenvalue weighted by Crippen LogP contribution is 2.16. The summed E-state index contributed by atoms with van der Waals surface area (Å²) in [5.74, 6) is 1.08. The van der Waals surface area contributed by atoms with Crippen molar-refractivity contribution in [2.45, 2.75) is 39.3 Å². The van der Waals surface area contributed by atoms with E-state index in [1.165, 1.54) is 11.1 Å². The molecule has 2 aliphatic heterocycles. The zero-order valence-electron chi connectivity index (χ0n) is 15.9. The number of nitrogens with zero attached hydrogens (tertiary/aromatic N) is 3. The lowest BCUT2D eigenvalue weighted by Gasteiger charge is -2.37. The SMILES string of the molecule is CCNC(=NCc1ccc(C)cc1)N1CCN(C(=O)C2CCCO2)CC1. The van der Waals surface area contributed by atoms with Gasteiger partial charge in [-0.15, -0.1) is 0 Å². The van der Waals surface area contributed by atoms with Crippen LogP contribution >= 0.6 is 0 Å². The van der Waals surface area contributed by atoms with Crippen LogP contribution in [0.2, 0.25) is 0 Å². The van der Waals surface area contributed by atoms with Crippen molar-refractivity contribution >= 4 is 11.9 Å². The van der Waals surface area contributed by atoms with Crippen LogP contribution in [0.25, 0.3) is 0 Å². The summed E-state index contributed by atoms with van der Waals surface area (Å²) in [6.45, 7) is 9.46. The third-order valence-corrected chi connectivity index (χ3v) is 4.96. The zero-order chi connectivity index (χ0) is 18.4. The van der Waals surface area contributed by atoms with Crippen LogP contribution in [-0.2, 0) is 16.1 Å². The van der Waals surface area contributed by atoms with Gasteiger partial charge in [0.2, 0.25) is 0 Å². The van der Waals surface area contributed by atoms with Gasteiger partial charge in [0.15, 0.2) is 5.96 Å². The Labute approximate surface area is 156 Å². The predicted octanol–water partition coefficient (Wildman–Crippen LogP) is 1.78. The van der Waals surface area contributed by atoms with E-state index < -0.39 is 0 Å². The first-order valence-electron chi connectivity index (χ1n) is 9.66. The molecule has 1 atom stereocenters. The number of aryl methyl sites for hydroxylation is 1. The van der Waals surface area contributed by atoms with Gasteiger partial charge in [0.05, 0.1) is 6.54 Å². The zero-order valence-corrected chi connectivity index (χ0v) is 15.9. The Balaban J connectivity index is 1.56. The fraction of sp³-hybridized carbons (Fsp3) is 0.600. The second-order valence-electron chi connectivity index (χ2n) is 6.97. The smallest absolute Gasteiger partial charge is 0.251 e. The molecule has 1 amide bonds. The Hall–Kier alpha value is -2.08. The Kier molecular flexibility index (Phi) is 6.50. The van der Waals surface area contributed by atoms with Crippen LogP contribution in [0, 0.1) is 6.92 Å². The number of hydrogen-bond donors (Lipinski definition) is 1. The molecule has 1 unspecified atom stereocenters. The van der Waals surface area contributed by atoms with E-state index in [1.807, 2.05) is 4.90 Å². The Bertz CT molecular complexity index is 615. The third-order valence-electron chi connectivity index (χ3n) is 4.96. The topological polar surface area (TPSA) is 57.2 Å². The van der Waals surface area contributed by atoms with E-state index in [9.17, 15) is 4.79 Å². The number of piperazine rings is 1. The summed E-state index contributed by atoms with van der Waals surface area (Å²) in [6, 6.07) is 8.49. The first kappa shape index (κ1) is 18.7. The van der Waals surface area contributed by atoms with Gasteiger partial charge in [0.25, 0.3) is 5.91 Å². The minimum absolute atomic E-state index is 0.156. The maximum absolute atomic E-state index is 12.5. The number of amides is 1. The Morgan fingerprint density at radius 3 is 2.50 bits per heavy atom. The molecule has 1 aromatic carbocycles. The third kappa shape index (κ3) is 4.75. The highest BCUT2D eigenvalue weighted by Gasteiger charge is 2.30. The highest BCUT2D eigenvalue weighted by molar-refractivity contribution is 5.82. The van der Waals surface area contributed by atoms with E-state index in [4.69, 9.17) is 9.73 Å². The molecule has 0 bridgehead atoms. The molecule has 142 valence electrons. The van der Waals surface area contributed by atoms with Crippen molar-refractivity contribution in [2.75, 3.05) is 39.3 Å². The molecule has 0 aliphatic carbocycles. The number of carbonyl (C=O) groups excluding carboxylic acids is 1. The summed E-state index contributed by atoms with van der Waals surface area (Å²) < 4.78 is 5.54. The quantitative estimate of drug-likeness (QED) is 0.658. The predicted molar refractivity (Wildman–Crippen MR) is 103 cm³/mol. The second-order valence-corrected chi connectivity index (χ2v) is 6.97. The number of nitrogens with one attached hydrogen (secondary N) is 1. The first-order chi connectivity index (χ1) is 12.7. The molecule has 1 aromatic rings. The van der Waals surface area contributed by atoms with Crippen molar-refractivity contribution in [1.82, 2.24) is 15.1 Å². The average Bonchev–Trinajstić information content (AvgIpc) is 3.21. The molecule has 1 N–H and O–H groups in total. The molecule has 26 heavy (non-hydrogen) atoms. The Morgan fingerprint density at radius 1 is 1.19 bits per heavy atom. The molecule has 0 radical (unpaired) electrons. The molecule has 6 heteroatoms. The van der Waals surface area contributed by atoms with Gasteiger partial charge in [0, 0.05) is 39.3 Å². The lowest BCUT2D eigenvalue weighted by Crippen LogP contribution is -2.55. The summed E-state index contributed by atoms with van der Waals surface area (Å²) >= 11 is 0. The molecule has 0 saturated carbocycles. The number of aliphatic imine (C=N–C) groups is 1. The fourth-order valence-corrected chi connectivity index (χ4v) is 3.40. The number of benzene rings is 1. The molecular weight excluding hydrogens is 328 g/mol. The molecule has 2 aliphatic rings. The van der Waals surface area contributed by atoms with Crippen LogP contribution in [0.5, 0.6) is 0 Å². The van der Waals surface area contributed by atoms with Crippen LogP contribution in [0.15, 0.2) is 29.3 Å². The average molecular weight is 358 g/mol. The maximum Gasteiger partial charge on any atom is 0.251 e. The van der Waals surface area contributed by atoms with E-state index in [1.54, 1.807) is 0 Å². The van der Waals surface area contributed by atoms with E-state index in [0.29, 0.717) is 13.2 Å². The van der Waals surface area contributed by atoms with Crippen molar-refractivity contribution in [3.8, 4) is 0 Å². The normalized spacial score (nSPS) is 21.2. The first-order valence-corrected chi connectivity index (χ1v) is 9.66. The number of rotatable bonds is 4. The molecule has 2 fully saturated rings. The van der Waals surface area contributed by atoms with Crippen LogP contribution in [-0.4, -0.2) is 67.1 Å². The van der Waals surface area contributed by atoms with Gasteiger partial charge >= 0.3 is 0 Å². The lowest BCUT2D eigenvalue weighted by atomic mass is 10.1. The van der Waals surface area contributed by atoms with Gasteiger partial charge in [-0.25, -0.2) is 4.99 Å². The lowest BCUT2D eigenvalue weighted by molar-refractivity contribution is -0.142. The number of ether oxygens (including phenoxy) is 1. The van der Waals surface area contributed by atoms with E-state index in [0.717, 1.165) is 51.5 Å². The summed E-state index contributed by atoms with van der Waals surface area (Å²) in [7, 11) is 0. The molecule has 6 nitrogen and oxygen atoms in total. The van der Waals surface area contributed by atoms with Gasteiger partial charge < -0.3 is 19.9 Å². The second kappa shape index (κ2) is 9.03. The largest absolute Gasteiger partial charge is 0.368 e. The van der Waals surface area contributed by atoms with Crippen LogP contribution in [0.4, 0.5) is 0 Å². The van der Waals surface area contributed by atoms with Crippen molar-refractivity contribution in [3.63, 3.8) is 0 Å². The van der Waals surface area contributed by atoms with Gasteiger partial charge in [0.1, 0.15) is 6.10 Å². The summed E-state index contributed by atoms with van der Waals surface area (Å²) in [5, 5.41) is 3.38. The van der Waals surface area contributed by atoms with Crippen LogP contribution in [0.3, 0.4) is 0 Å². The molecular formula is C20H30N4O2. The molecule has 2 heterocycles. The van der Waals surface area contributed by atoms with Gasteiger partial charge in [-0.1, -0.05) is 29.8 Å². The minimum Gasteiger partial charge on any atom is -0.368 e. The molecule has 0 aromatic heterocycles. The summed E-state index contributed by atoms with van der Waals surface area (Å²) in [4.78, 5) is 21.5. The fourth-order valence-electron chi connectivity index (χ4n) is 3.40.